The number of hydrogen-bond donors (Lipinski definition) is 1. The Balaban J connectivity index is 1.77. The molecule has 1 aliphatic heterocycles. The molecule has 0 radical (unpaired) electrons. The highest BCUT2D eigenvalue weighted by atomic mass is 32.1. The molecule has 1 aliphatic rings. The Morgan fingerprint density at radius 1 is 1.33 bits per heavy atom. The second-order valence-corrected chi connectivity index (χ2v) is 6.77. The molecule has 1 saturated heterocycles. The highest BCUT2D eigenvalue weighted by Gasteiger charge is 2.30. The number of hydrogen-bond acceptors (Lipinski definition) is 4. The summed E-state index contributed by atoms with van der Waals surface area (Å²) in [6.45, 7) is 2.76. The fourth-order valence-electron chi connectivity index (χ4n) is 3.08. The predicted octanol–water partition coefficient (Wildman–Crippen LogP) is 4.21. The molecular weight excluding hydrogens is 324 g/mol. The molecule has 0 aliphatic carbocycles. The van der Waals surface area contributed by atoms with Crippen molar-refractivity contribution in [2.75, 3.05) is 19.0 Å². The third-order valence-electron chi connectivity index (χ3n) is 4.22. The molecule has 3 rings (SSSR count). The van der Waals surface area contributed by atoms with Gasteiger partial charge in [0.2, 0.25) is 0 Å². The molecule has 1 atom stereocenters. The van der Waals surface area contributed by atoms with Gasteiger partial charge >= 0.3 is 12.0 Å². The summed E-state index contributed by atoms with van der Waals surface area (Å²) in [5.41, 5.74) is 2.85. The molecule has 1 N–H and O–H groups in total. The van der Waals surface area contributed by atoms with E-state index in [-0.39, 0.29) is 12.1 Å². The smallest absolute Gasteiger partial charge is 0.350 e. The lowest BCUT2D eigenvalue weighted by Crippen LogP contribution is -2.34. The van der Waals surface area contributed by atoms with Gasteiger partial charge in [-0.25, -0.2) is 9.59 Å². The van der Waals surface area contributed by atoms with Crippen molar-refractivity contribution in [1.82, 2.24) is 4.90 Å². The Labute approximate surface area is 145 Å². The monoisotopic (exact) mass is 344 g/mol. The van der Waals surface area contributed by atoms with E-state index in [1.165, 1.54) is 24.0 Å². The number of aryl methyl sites for hydroxylation is 1. The summed E-state index contributed by atoms with van der Waals surface area (Å²) < 4.78 is 4.75. The van der Waals surface area contributed by atoms with E-state index in [9.17, 15) is 9.59 Å². The standard InChI is InChI=1S/C18H20N2O3S/c1-12-5-3-6-13(11-12)15-7-4-9-20(15)18(22)19-14-8-10-24-16(14)17(21)23-2/h3,5-6,8,10-11,15H,4,7,9H2,1-2H3,(H,19,22). The summed E-state index contributed by atoms with van der Waals surface area (Å²) in [6, 6.07) is 9.89. The number of carbonyl (C=O) groups excluding carboxylic acids is 2. The van der Waals surface area contributed by atoms with Gasteiger partial charge in [0, 0.05) is 6.54 Å². The van der Waals surface area contributed by atoms with Crippen molar-refractivity contribution in [1.29, 1.82) is 0 Å². The van der Waals surface area contributed by atoms with Gasteiger partial charge in [0.05, 0.1) is 18.8 Å². The Kier molecular flexibility index (Phi) is 4.85. The molecule has 2 heterocycles. The number of nitrogens with one attached hydrogen (secondary N) is 1. The second kappa shape index (κ2) is 7.05. The van der Waals surface area contributed by atoms with E-state index in [0.717, 1.165) is 18.4 Å². The van der Waals surface area contributed by atoms with Gasteiger partial charge in [0.1, 0.15) is 4.88 Å². The molecule has 0 saturated carbocycles. The number of methoxy groups -OCH3 is 1. The Morgan fingerprint density at radius 2 is 2.17 bits per heavy atom. The molecule has 5 nitrogen and oxygen atoms in total. The number of amides is 2. The molecule has 24 heavy (non-hydrogen) atoms. The first kappa shape index (κ1) is 16.5. The number of likely N-dealkylation sites (tertiary alicyclic amines) is 1. The summed E-state index contributed by atoms with van der Waals surface area (Å²) >= 11 is 1.26. The third kappa shape index (κ3) is 3.28. The number of ether oxygens (including phenoxy) is 1. The number of carbonyl (C=O) groups is 2. The number of esters is 1. The van der Waals surface area contributed by atoms with E-state index < -0.39 is 5.97 Å². The van der Waals surface area contributed by atoms with Crippen LogP contribution in [0, 0.1) is 6.92 Å². The van der Waals surface area contributed by atoms with Crippen LogP contribution >= 0.6 is 11.3 Å². The molecule has 2 aromatic rings. The minimum atomic E-state index is -0.433. The van der Waals surface area contributed by atoms with E-state index in [4.69, 9.17) is 4.74 Å². The summed E-state index contributed by atoms with van der Waals surface area (Å²) in [6.07, 6.45) is 1.92. The van der Waals surface area contributed by atoms with Gasteiger partial charge in [-0.3, -0.25) is 0 Å². The Hall–Kier alpha value is -2.34. The third-order valence-corrected chi connectivity index (χ3v) is 5.11. The molecule has 0 spiro atoms. The average Bonchev–Trinajstić information content (AvgIpc) is 3.23. The normalized spacial score (nSPS) is 16.9. The Morgan fingerprint density at radius 3 is 2.92 bits per heavy atom. The molecule has 1 fully saturated rings. The average molecular weight is 344 g/mol. The van der Waals surface area contributed by atoms with Crippen molar-refractivity contribution in [2.45, 2.75) is 25.8 Å². The van der Waals surface area contributed by atoms with Crippen LogP contribution in [0.1, 0.15) is 39.7 Å². The van der Waals surface area contributed by atoms with E-state index in [2.05, 4.69) is 30.4 Å². The van der Waals surface area contributed by atoms with E-state index in [1.54, 1.807) is 11.4 Å². The molecule has 0 bridgehead atoms. The lowest BCUT2D eigenvalue weighted by Gasteiger charge is -2.25. The summed E-state index contributed by atoms with van der Waals surface area (Å²) in [4.78, 5) is 26.7. The lowest BCUT2D eigenvalue weighted by molar-refractivity contribution is 0.0607. The van der Waals surface area contributed by atoms with Crippen molar-refractivity contribution < 1.29 is 14.3 Å². The summed E-state index contributed by atoms with van der Waals surface area (Å²) in [7, 11) is 1.34. The first-order chi connectivity index (χ1) is 11.6. The van der Waals surface area contributed by atoms with Crippen LogP contribution in [-0.4, -0.2) is 30.6 Å². The van der Waals surface area contributed by atoms with Crippen LogP contribution in [-0.2, 0) is 4.74 Å². The van der Waals surface area contributed by atoms with E-state index in [1.807, 2.05) is 11.0 Å². The minimum Gasteiger partial charge on any atom is -0.465 e. The molecule has 1 aromatic carbocycles. The van der Waals surface area contributed by atoms with E-state index in [0.29, 0.717) is 17.1 Å². The highest BCUT2D eigenvalue weighted by molar-refractivity contribution is 7.12. The van der Waals surface area contributed by atoms with Crippen LogP contribution in [0.25, 0.3) is 0 Å². The first-order valence-electron chi connectivity index (χ1n) is 7.90. The second-order valence-electron chi connectivity index (χ2n) is 5.85. The Bertz CT molecular complexity index is 756. The van der Waals surface area contributed by atoms with Crippen LogP contribution in [0.3, 0.4) is 0 Å². The number of nitrogens with zero attached hydrogens (tertiary/aromatic N) is 1. The van der Waals surface area contributed by atoms with Crippen LogP contribution < -0.4 is 5.32 Å². The highest BCUT2D eigenvalue weighted by Crippen LogP contribution is 2.33. The number of anilines is 1. The van der Waals surface area contributed by atoms with Crippen molar-refractivity contribution in [3.8, 4) is 0 Å². The summed E-state index contributed by atoms with van der Waals surface area (Å²) in [5.74, 6) is -0.433. The summed E-state index contributed by atoms with van der Waals surface area (Å²) in [5, 5.41) is 4.63. The van der Waals surface area contributed by atoms with Crippen LogP contribution in [0.15, 0.2) is 35.7 Å². The van der Waals surface area contributed by atoms with Crippen LogP contribution in [0.5, 0.6) is 0 Å². The number of thiophene rings is 1. The maximum absolute atomic E-state index is 12.7. The number of urea groups is 1. The quantitative estimate of drug-likeness (QED) is 0.849. The van der Waals surface area contributed by atoms with Gasteiger partial charge < -0.3 is 15.0 Å². The zero-order valence-corrected chi connectivity index (χ0v) is 14.6. The predicted molar refractivity (Wildman–Crippen MR) is 94.5 cm³/mol. The molecular formula is C18H20N2O3S. The van der Waals surface area contributed by atoms with E-state index >= 15 is 0 Å². The largest absolute Gasteiger partial charge is 0.465 e. The number of benzene rings is 1. The SMILES string of the molecule is COC(=O)c1sccc1NC(=O)N1CCCC1c1cccc(C)c1. The van der Waals surface area contributed by atoms with Gasteiger partial charge in [-0.1, -0.05) is 29.8 Å². The van der Waals surface area contributed by atoms with Gasteiger partial charge in [-0.2, -0.15) is 0 Å². The zero-order chi connectivity index (χ0) is 17.1. The lowest BCUT2D eigenvalue weighted by atomic mass is 10.0. The molecule has 1 unspecified atom stereocenters. The maximum Gasteiger partial charge on any atom is 0.350 e. The first-order valence-corrected chi connectivity index (χ1v) is 8.78. The fraction of sp³-hybridized carbons (Fsp3) is 0.333. The topological polar surface area (TPSA) is 58.6 Å². The van der Waals surface area contributed by atoms with Crippen molar-refractivity contribution >= 4 is 29.0 Å². The van der Waals surface area contributed by atoms with Gasteiger partial charge in [-0.15, -0.1) is 11.3 Å². The maximum atomic E-state index is 12.7. The van der Waals surface area contributed by atoms with Crippen molar-refractivity contribution in [2.24, 2.45) is 0 Å². The number of rotatable bonds is 3. The van der Waals surface area contributed by atoms with Crippen molar-refractivity contribution in [3.63, 3.8) is 0 Å². The van der Waals surface area contributed by atoms with Crippen molar-refractivity contribution in [3.05, 3.63) is 51.7 Å². The minimum absolute atomic E-state index is 0.0742. The zero-order valence-electron chi connectivity index (χ0n) is 13.7. The van der Waals surface area contributed by atoms with Crippen LogP contribution in [0.2, 0.25) is 0 Å². The van der Waals surface area contributed by atoms with Gasteiger partial charge in [-0.05, 0) is 36.8 Å². The molecule has 2 amide bonds. The van der Waals surface area contributed by atoms with Crippen LogP contribution in [0.4, 0.5) is 10.5 Å². The fourth-order valence-corrected chi connectivity index (χ4v) is 3.85. The molecule has 126 valence electrons. The van der Waals surface area contributed by atoms with Gasteiger partial charge in [0.15, 0.2) is 0 Å². The van der Waals surface area contributed by atoms with Gasteiger partial charge in [0.25, 0.3) is 0 Å². The molecule has 1 aromatic heterocycles. The molecule has 6 heteroatoms.